The van der Waals surface area contributed by atoms with Crippen LogP contribution in [0.4, 0.5) is 4.39 Å². The zero-order valence-corrected chi connectivity index (χ0v) is 17.8. The third-order valence-electron chi connectivity index (χ3n) is 5.46. The van der Waals surface area contributed by atoms with E-state index in [1.165, 1.54) is 23.5 Å². The van der Waals surface area contributed by atoms with Crippen molar-refractivity contribution in [3.63, 3.8) is 0 Å². The number of β-amino-alcohol motifs (C(OH)–C–C–N with tert-alkyl or cyclic N) is 1. The van der Waals surface area contributed by atoms with Crippen LogP contribution in [0, 0.1) is 11.7 Å². The number of fused-ring (bicyclic) bond motifs is 1. The van der Waals surface area contributed by atoms with Crippen molar-refractivity contribution in [2.24, 2.45) is 5.92 Å². The molecule has 1 aromatic heterocycles. The highest BCUT2D eigenvalue weighted by atomic mass is 79.9. The third kappa shape index (κ3) is 4.38. The summed E-state index contributed by atoms with van der Waals surface area (Å²) in [4.78, 5) is 14.8. The molecule has 3 aromatic rings. The van der Waals surface area contributed by atoms with Crippen LogP contribution in [0.5, 0.6) is 0 Å². The minimum atomic E-state index is -0.612. The first-order valence-corrected chi connectivity index (χ1v) is 11.1. The van der Waals surface area contributed by atoms with E-state index in [9.17, 15) is 14.3 Å². The normalized spacial score (nSPS) is 17.2. The van der Waals surface area contributed by atoms with Gasteiger partial charge in [0.05, 0.1) is 16.3 Å². The molecule has 0 unspecified atom stereocenters. The summed E-state index contributed by atoms with van der Waals surface area (Å²) in [7, 11) is 0. The highest BCUT2D eigenvalue weighted by molar-refractivity contribution is 9.10. The Morgan fingerprint density at radius 3 is 2.61 bits per heavy atom. The van der Waals surface area contributed by atoms with Crippen LogP contribution in [0.2, 0.25) is 0 Å². The second-order valence-electron chi connectivity index (χ2n) is 7.40. The lowest BCUT2D eigenvalue weighted by atomic mass is 9.96. The van der Waals surface area contributed by atoms with Crippen LogP contribution in [0.1, 0.15) is 24.5 Å². The Morgan fingerprint density at radius 2 is 1.89 bits per heavy atom. The number of piperidine rings is 1. The van der Waals surface area contributed by atoms with Gasteiger partial charge in [-0.1, -0.05) is 39.4 Å². The van der Waals surface area contributed by atoms with Gasteiger partial charge < -0.3 is 10.0 Å². The molecule has 0 aliphatic carbocycles. The molecule has 0 radical (unpaired) electrons. The number of hydrogen-bond acceptors (Lipinski definition) is 4. The summed E-state index contributed by atoms with van der Waals surface area (Å²) < 4.78 is 16.9. The minimum absolute atomic E-state index is 0.0993. The molecule has 2 heterocycles. The van der Waals surface area contributed by atoms with E-state index >= 15 is 0 Å². The van der Waals surface area contributed by atoms with Gasteiger partial charge in [0.1, 0.15) is 5.82 Å². The van der Waals surface area contributed by atoms with Gasteiger partial charge in [-0.3, -0.25) is 9.36 Å². The number of aliphatic hydroxyl groups is 1. The summed E-state index contributed by atoms with van der Waals surface area (Å²) in [6, 6.07) is 12.0. The predicted molar refractivity (Wildman–Crippen MR) is 114 cm³/mol. The zero-order chi connectivity index (χ0) is 19.7. The molecule has 1 saturated heterocycles. The first kappa shape index (κ1) is 19.8. The predicted octanol–water partition coefficient (Wildman–Crippen LogP) is 4.41. The van der Waals surface area contributed by atoms with E-state index in [1.54, 1.807) is 12.1 Å². The van der Waals surface area contributed by atoms with Gasteiger partial charge in [-0.25, -0.2) is 4.39 Å². The van der Waals surface area contributed by atoms with Gasteiger partial charge in [0.15, 0.2) is 0 Å². The largest absolute Gasteiger partial charge is 0.387 e. The highest BCUT2D eigenvalue weighted by Gasteiger charge is 2.23. The van der Waals surface area contributed by atoms with Crippen molar-refractivity contribution in [3.8, 4) is 0 Å². The molecule has 4 nitrogen and oxygen atoms in total. The smallest absolute Gasteiger partial charge is 0.308 e. The van der Waals surface area contributed by atoms with Crippen molar-refractivity contribution in [2.45, 2.75) is 25.5 Å². The number of nitrogens with zero attached hydrogens (tertiary/aromatic N) is 2. The van der Waals surface area contributed by atoms with E-state index in [4.69, 9.17) is 0 Å². The van der Waals surface area contributed by atoms with Gasteiger partial charge in [0, 0.05) is 17.6 Å². The molecule has 2 aromatic carbocycles. The van der Waals surface area contributed by atoms with Crippen molar-refractivity contribution in [1.82, 2.24) is 9.47 Å². The number of likely N-dealkylation sites (tertiary alicyclic amines) is 1. The average Bonchev–Trinajstić information content (AvgIpc) is 2.98. The Hall–Kier alpha value is -1.54. The van der Waals surface area contributed by atoms with Crippen molar-refractivity contribution < 1.29 is 9.50 Å². The monoisotopic (exact) mass is 464 g/mol. The number of benzene rings is 2. The Balaban J connectivity index is 1.35. The van der Waals surface area contributed by atoms with E-state index in [1.807, 2.05) is 22.8 Å². The fourth-order valence-electron chi connectivity index (χ4n) is 3.86. The molecule has 7 heteroatoms. The first-order valence-electron chi connectivity index (χ1n) is 9.44. The molecule has 0 bridgehead atoms. The summed E-state index contributed by atoms with van der Waals surface area (Å²) in [6.07, 6.45) is 1.38. The van der Waals surface area contributed by atoms with Crippen LogP contribution in [0.15, 0.2) is 51.7 Å². The Bertz CT molecular complexity index is 1010. The zero-order valence-electron chi connectivity index (χ0n) is 15.4. The third-order valence-corrected chi connectivity index (χ3v) is 6.90. The van der Waals surface area contributed by atoms with Gasteiger partial charge in [0.2, 0.25) is 0 Å². The Labute approximate surface area is 175 Å². The van der Waals surface area contributed by atoms with E-state index in [2.05, 4.69) is 20.8 Å². The van der Waals surface area contributed by atoms with Gasteiger partial charge in [-0.15, -0.1) is 0 Å². The molecule has 1 aliphatic rings. The van der Waals surface area contributed by atoms with Crippen molar-refractivity contribution in [1.29, 1.82) is 0 Å². The fourth-order valence-corrected chi connectivity index (χ4v) is 5.31. The second kappa shape index (κ2) is 8.45. The van der Waals surface area contributed by atoms with Gasteiger partial charge in [-0.2, -0.15) is 0 Å². The van der Waals surface area contributed by atoms with Crippen LogP contribution >= 0.6 is 27.3 Å². The Morgan fingerprint density at radius 1 is 1.18 bits per heavy atom. The Kier molecular flexibility index (Phi) is 5.96. The lowest BCUT2D eigenvalue weighted by molar-refractivity contribution is 0.0867. The summed E-state index contributed by atoms with van der Waals surface area (Å²) in [5, 5.41) is 10.4. The second-order valence-corrected chi connectivity index (χ2v) is 9.31. The lowest BCUT2D eigenvalue weighted by Crippen LogP contribution is -2.38. The number of halogens is 2. The van der Waals surface area contributed by atoms with E-state index in [0.29, 0.717) is 12.5 Å². The number of aliphatic hydroxyl groups excluding tert-OH is 1. The van der Waals surface area contributed by atoms with Gasteiger partial charge in [-0.05, 0) is 67.7 Å². The number of thiazole rings is 1. The topological polar surface area (TPSA) is 45.5 Å². The molecule has 1 aliphatic heterocycles. The molecule has 0 spiro atoms. The summed E-state index contributed by atoms with van der Waals surface area (Å²) in [5.41, 5.74) is 1.75. The van der Waals surface area contributed by atoms with Crippen LogP contribution in [0.25, 0.3) is 10.2 Å². The van der Waals surface area contributed by atoms with Crippen LogP contribution in [-0.4, -0.2) is 34.2 Å². The fraction of sp³-hybridized carbons (Fsp3) is 0.381. The van der Waals surface area contributed by atoms with Crippen molar-refractivity contribution in [3.05, 3.63) is 68.0 Å². The van der Waals surface area contributed by atoms with Crippen molar-refractivity contribution >= 4 is 37.5 Å². The SMILES string of the molecule is O=c1sc2cc(Br)ccc2n1CC1CCN(C[C@H](O)c2ccc(F)cc2)CC1. The standard InChI is InChI=1S/C21H22BrFN2O2S/c22-16-3-6-18-20(11-16)28-21(27)25(18)12-14-7-9-24(10-8-14)13-19(26)15-1-4-17(23)5-2-15/h1-6,11,14,19,26H,7-10,12-13H2/t19-/m0/s1. The molecular formula is C21H22BrFN2O2S. The van der Waals surface area contributed by atoms with E-state index < -0.39 is 6.10 Å². The van der Waals surface area contributed by atoms with Crippen LogP contribution < -0.4 is 4.87 Å². The maximum atomic E-state index is 13.0. The molecule has 4 rings (SSSR count). The molecule has 0 saturated carbocycles. The summed E-state index contributed by atoms with van der Waals surface area (Å²) in [5.74, 6) is 0.165. The first-order chi connectivity index (χ1) is 13.5. The molecule has 1 atom stereocenters. The minimum Gasteiger partial charge on any atom is -0.387 e. The van der Waals surface area contributed by atoms with Crippen LogP contribution in [0.3, 0.4) is 0 Å². The quantitative estimate of drug-likeness (QED) is 0.607. The number of aromatic nitrogens is 1. The number of hydrogen-bond donors (Lipinski definition) is 1. The lowest BCUT2D eigenvalue weighted by Gasteiger charge is -2.33. The van der Waals surface area contributed by atoms with Gasteiger partial charge in [0.25, 0.3) is 0 Å². The van der Waals surface area contributed by atoms with Crippen LogP contribution in [-0.2, 0) is 6.54 Å². The summed E-state index contributed by atoms with van der Waals surface area (Å²) in [6.45, 7) is 3.08. The molecule has 0 amide bonds. The molecular weight excluding hydrogens is 443 g/mol. The maximum absolute atomic E-state index is 13.0. The molecule has 28 heavy (non-hydrogen) atoms. The van der Waals surface area contributed by atoms with Crippen molar-refractivity contribution in [2.75, 3.05) is 19.6 Å². The molecule has 1 fully saturated rings. The van der Waals surface area contributed by atoms with E-state index in [0.717, 1.165) is 52.7 Å². The average molecular weight is 465 g/mol. The number of rotatable bonds is 5. The molecule has 1 N–H and O–H groups in total. The maximum Gasteiger partial charge on any atom is 0.308 e. The molecule has 148 valence electrons. The highest BCUT2D eigenvalue weighted by Crippen LogP contribution is 2.26. The van der Waals surface area contributed by atoms with E-state index in [-0.39, 0.29) is 10.7 Å². The summed E-state index contributed by atoms with van der Waals surface area (Å²) >= 11 is 4.76. The van der Waals surface area contributed by atoms with Gasteiger partial charge >= 0.3 is 4.87 Å².